The second-order valence-corrected chi connectivity index (χ2v) is 6.72. The minimum absolute atomic E-state index is 0.282. The van der Waals surface area contributed by atoms with Crippen molar-refractivity contribution in [1.29, 1.82) is 0 Å². The lowest BCUT2D eigenvalue weighted by Gasteiger charge is -2.14. The molecule has 0 fully saturated rings. The third kappa shape index (κ3) is 8.64. The van der Waals surface area contributed by atoms with E-state index in [1.165, 1.54) is 0 Å². The van der Waals surface area contributed by atoms with Crippen LogP contribution in [0, 0.1) is 0 Å². The lowest BCUT2D eigenvalue weighted by atomic mass is 10.0. The number of rotatable bonds is 7. The van der Waals surface area contributed by atoms with Crippen molar-refractivity contribution >= 4 is 46.1 Å². The molecule has 1 aromatic heterocycles. The van der Waals surface area contributed by atoms with Crippen molar-refractivity contribution in [3.63, 3.8) is 0 Å². The number of halogens is 3. The van der Waals surface area contributed by atoms with Crippen LogP contribution in [0.1, 0.15) is 18.1 Å². The molecule has 1 heterocycles. The second kappa shape index (κ2) is 11.9. The van der Waals surface area contributed by atoms with Crippen molar-refractivity contribution in [3.8, 4) is 0 Å². The van der Waals surface area contributed by atoms with Crippen LogP contribution in [0.25, 0.3) is 0 Å². The summed E-state index contributed by atoms with van der Waals surface area (Å²) in [6, 6.07) is 12.4. The number of hydrogen-bond donors (Lipinski definition) is 4. The first kappa shape index (κ1) is 24.2. The molecule has 0 radical (unpaired) electrons. The minimum atomic E-state index is -4.41. The Bertz CT molecular complexity index is 933. The fraction of sp³-hybridized carbons (Fsp3) is 0.211. The predicted molar refractivity (Wildman–Crippen MR) is 123 cm³/mol. The topological polar surface area (TPSA) is 85.7 Å². The van der Waals surface area contributed by atoms with Crippen LogP contribution < -0.4 is 21.5 Å². The van der Waals surface area contributed by atoms with E-state index in [2.05, 4.69) is 36.7 Å². The lowest BCUT2D eigenvalue weighted by Crippen LogP contribution is -2.39. The van der Waals surface area contributed by atoms with Crippen LogP contribution in [0.15, 0.2) is 65.1 Å². The Hall–Kier alpha value is -3.12. The van der Waals surface area contributed by atoms with Crippen LogP contribution in [0.3, 0.4) is 0 Å². The van der Waals surface area contributed by atoms with Gasteiger partial charge in [0.1, 0.15) is 18.0 Å². The van der Waals surface area contributed by atoms with Crippen LogP contribution in [0.4, 0.5) is 13.2 Å². The molecule has 4 N–H and O–H groups in total. The Morgan fingerprint density at radius 2 is 1.39 bits per heavy atom. The number of alkyl halides is 3. The summed E-state index contributed by atoms with van der Waals surface area (Å²) in [5, 5.41) is 13.6. The first-order valence-electron chi connectivity index (χ1n) is 9.06. The number of aromatic nitrogens is 1. The Morgan fingerprint density at radius 3 is 1.90 bits per heavy atom. The molecule has 0 spiro atoms. The molecule has 0 saturated heterocycles. The fourth-order valence-corrected chi connectivity index (χ4v) is 2.56. The van der Waals surface area contributed by atoms with Gasteiger partial charge in [-0.3, -0.25) is 15.8 Å². The molecule has 7 nitrogen and oxygen atoms in total. The Labute approximate surface area is 188 Å². The zero-order valence-corrected chi connectivity index (χ0v) is 18.0. The molecule has 164 valence electrons. The SMILES string of the molecule is CCNC(=S)NN=C(C(=NNC(=S)NCC(F)(F)F)c1ccccc1)c1ccncc1. The minimum Gasteiger partial charge on any atom is -0.362 e. The summed E-state index contributed by atoms with van der Waals surface area (Å²) in [6.07, 6.45) is -1.24. The highest BCUT2D eigenvalue weighted by Gasteiger charge is 2.27. The molecule has 0 amide bonds. The molecular formula is C19H20F3N7S2. The standard InChI is InChI=1S/C19H20F3N7S2/c1-2-24-17(30)28-27-16(14-8-10-23-11-9-14)15(13-6-4-3-5-7-13)26-29-18(31)25-12-19(20,21)22/h3-11H,2,12H2,1H3,(H2,24,28,30)(H2,25,29,31). The first-order valence-corrected chi connectivity index (χ1v) is 9.87. The largest absolute Gasteiger partial charge is 0.405 e. The van der Waals surface area contributed by atoms with Gasteiger partial charge in [-0.15, -0.1) is 0 Å². The van der Waals surface area contributed by atoms with Gasteiger partial charge in [-0.2, -0.15) is 23.4 Å². The monoisotopic (exact) mass is 467 g/mol. The molecule has 0 bridgehead atoms. The molecule has 0 atom stereocenters. The quantitative estimate of drug-likeness (QED) is 0.283. The number of thiocarbonyl (C=S) groups is 2. The van der Waals surface area contributed by atoms with Crippen LogP contribution in [-0.2, 0) is 0 Å². The van der Waals surface area contributed by atoms with E-state index in [9.17, 15) is 13.2 Å². The first-order chi connectivity index (χ1) is 14.8. The number of hydrogen-bond acceptors (Lipinski definition) is 5. The third-order valence-corrected chi connectivity index (χ3v) is 4.02. The van der Waals surface area contributed by atoms with Gasteiger partial charge >= 0.3 is 6.18 Å². The number of benzene rings is 1. The van der Waals surface area contributed by atoms with E-state index in [1.807, 2.05) is 13.0 Å². The smallest absolute Gasteiger partial charge is 0.362 e. The summed E-state index contributed by atoms with van der Waals surface area (Å²) in [5.41, 5.74) is 7.21. The van der Waals surface area contributed by atoms with Crippen molar-refractivity contribution in [3.05, 3.63) is 66.0 Å². The van der Waals surface area contributed by atoms with E-state index >= 15 is 0 Å². The summed E-state index contributed by atoms with van der Waals surface area (Å²) in [7, 11) is 0. The molecule has 1 aromatic carbocycles. The van der Waals surface area contributed by atoms with Crippen LogP contribution >= 0.6 is 24.4 Å². The molecule has 0 saturated carbocycles. The van der Waals surface area contributed by atoms with E-state index in [-0.39, 0.29) is 5.11 Å². The van der Waals surface area contributed by atoms with Gasteiger partial charge in [0.05, 0.1) is 0 Å². The molecule has 0 aliphatic carbocycles. The van der Waals surface area contributed by atoms with Gasteiger partial charge in [0.15, 0.2) is 10.2 Å². The highest BCUT2D eigenvalue weighted by atomic mass is 32.1. The fourth-order valence-electron chi connectivity index (χ4n) is 2.25. The highest BCUT2D eigenvalue weighted by Crippen LogP contribution is 2.12. The predicted octanol–water partition coefficient (Wildman–Crippen LogP) is 2.70. The Morgan fingerprint density at radius 1 is 0.871 bits per heavy atom. The maximum Gasteiger partial charge on any atom is 0.405 e. The third-order valence-electron chi connectivity index (χ3n) is 3.55. The summed E-state index contributed by atoms with van der Waals surface area (Å²) >= 11 is 10.1. The molecule has 2 aromatic rings. The number of hydrazone groups is 2. The van der Waals surface area contributed by atoms with Gasteiger partial charge in [-0.25, -0.2) is 0 Å². The van der Waals surface area contributed by atoms with E-state index in [1.54, 1.807) is 48.8 Å². The van der Waals surface area contributed by atoms with Gasteiger partial charge in [-0.1, -0.05) is 30.3 Å². The van der Waals surface area contributed by atoms with E-state index < -0.39 is 12.7 Å². The number of pyridine rings is 1. The average Bonchev–Trinajstić information content (AvgIpc) is 2.75. The maximum absolute atomic E-state index is 12.4. The van der Waals surface area contributed by atoms with E-state index in [0.29, 0.717) is 34.2 Å². The molecule has 0 aliphatic rings. The van der Waals surface area contributed by atoms with E-state index in [4.69, 9.17) is 24.4 Å². The van der Waals surface area contributed by atoms with Gasteiger partial charge in [0, 0.05) is 30.1 Å². The Balaban J connectivity index is 2.41. The summed E-state index contributed by atoms with van der Waals surface area (Å²) in [4.78, 5) is 4.00. The van der Waals surface area contributed by atoms with Gasteiger partial charge in [0.2, 0.25) is 0 Å². The van der Waals surface area contributed by atoms with Gasteiger partial charge in [-0.05, 0) is 43.5 Å². The molecular weight excluding hydrogens is 447 g/mol. The highest BCUT2D eigenvalue weighted by molar-refractivity contribution is 7.80. The lowest BCUT2D eigenvalue weighted by molar-refractivity contribution is -0.122. The summed E-state index contributed by atoms with van der Waals surface area (Å²) in [5.74, 6) is 0. The van der Waals surface area contributed by atoms with Crippen molar-refractivity contribution in [2.75, 3.05) is 13.1 Å². The molecule has 0 aliphatic heterocycles. The van der Waals surface area contributed by atoms with Gasteiger partial charge < -0.3 is 10.6 Å². The van der Waals surface area contributed by atoms with Crippen molar-refractivity contribution in [1.82, 2.24) is 26.5 Å². The van der Waals surface area contributed by atoms with Crippen LogP contribution in [-0.4, -0.2) is 45.9 Å². The number of nitrogens with one attached hydrogen (secondary N) is 4. The number of nitrogens with zero attached hydrogens (tertiary/aromatic N) is 3. The zero-order valence-electron chi connectivity index (χ0n) is 16.4. The molecule has 12 heteroatoms. The van der Waals surface area contributed by atoms with Crippen molar-refractivity contribution in [2.45, 2.75) is 13.1 Å². The van der Waals surface area contributed by atoms with Gasteiger partial charge in [0.25, 0.3) is 0 Å². The van der Waals surface area contributed by atoms with E-state index in [0.717, 1.165) is 0 Å². The molecule has 2 rings (SSSR count). The molecule has 0 unspecified atom stereocenters. The summed E-state index contributed by atoms with van der Waals surface area (Å²) < 4.78 is 37.3. The van der Waals surface area contributed by atoms with Crippen LogP contribution in [0.2, 0.25) is 0 Å². The van der Waals surface area contributed by atoms with Crippen molar-refractivity contribution < 1.29 is 13.2 Å². The van der Waals surface area contributed by atoms with Crippen LogP contribution in [0.5, 0.6) is 0 Å². The maximum atomic E-state index is 12.4. The normalized spacial score (nSPS) is 12.1. The van der Waals surface area contributed by atoms with Crippen molar-refractivity contribution in [2.24, 2.45) is 10.2 Å². The second-order valence-electron chi connectivity index (χ2n) is 5.90. The average molecular weight is 468 g/mol. The Kier molecular flexibility index (Phi) is 9.28. The zero-order chi connectivity index (χ0) is 22.7. The summed E-state index contributed by atoms with van der Waals surface area (Å²) in [6.45, 7) is 1.21. The molecule has 31 heavy (non-hydrogen) atoms.